The lowest BCUT2D eigenvalue weighted by molar-refractivity contribution is 0.00403. The molecular formula is C20H36O2Si2. The molecule has 1 aliphatic rings. The topological polar surface area (TPSA) is 18.5 Å². The Balaban J connectivity index is 2.30. The van der Waals surface area contributed by atoms with Gasteiger partial charge in [0.05, 0.1) is 0 Å². The lowest BCUT2D eigenvalue weighted by atomic mass is 9.83. The van der Waals surface area contributed by atoms with Crippen LogP contribution in [0.5, 0.6) is 0 Å². The highest BCUT2D eigenvalue weighted by Gasteiger charge is 2.50. The van der Waals surface area contributed by atoms with Crippen molar-refractivity contribution < 1.29 is 8.85 Å². The average molecular weight is 365 g/mol. The van der Waals surface area contributed by atoms with Gasteiger partial charge in [0.15, 0.2) is 16.6 Å². The lowest BCUT2D eigenvalue weighted by Gasteiger charge is -2.50. The van der Waals surface area contributed by atoms with E-state index in [9.17, 15) is 0 Å². The van der Waals surface area contributed by atoms with Crippen LogP contribution in [0.4, 0.5) is 0 Å². The Bertz CT molecular complexity index is 541. The second-order valence-electron chi connectivity index (χ2n) is 10.2. The van der Waals surface area contributed by atoms with Gasteiger partial charge in [-0.2, -0.15) is 0 Å². The Kier molecular flexibility index (Phi) is 5.04. The van der Waals surface area contributed by atoms with Gasteiger partial charge in [-0.3, -0.25) is 0 Å². The molecule has 0 aromatic heterocycles. The van der Waals surface area contributed by atoms with Crippen molar-refractivity contribution in [3.8, 4) is 0 Å². The van der Waals surface area contributed by atoms with Gasteiger partial charge < -0.3 is 8.85 Å². The van der Waals surface area contributed by atoms with E-state index in [1.54, 1.807) is 0 Å². The normalized spacial score (nSPS) is 22.1. The summed E-state index contributed by atoms with van der Waals surface area (Å²) >= 11 is 0. The van der Waals surface area contributed by atoms with Crippen LogP contribution in [0.25, 0.3) is 0 Å². The minimum Gasteiger partial charge on any atom is -0.407 e. The van der Waals surface area contributed by atoms with E-state index in [1.165, 1.54) is 11.1 Å². The smallest absolute Gasteiger partial charge is 0.193 e. The van der Waals surface area contributed by atoms with Crippen molar-refractivity contribution in [3.63, 3.8) is 0 Å². The first kappa shape index (κ1) is 19.9. The second-order valence-corrected chi connectivity index (χ2v) is 19.7. The minimum atomic E-state index is -1.83. The van der Waals surface area contributed by atoms with Gasteiger partial charge in [-0.05, 0) is 47.4 Å². The Morgan fingerprint density at radius 2 is 0.958 bits per heavy atom. The summed E-state index contributed by atoms with van der Waals surface area (Å²) in [6.45, 7) is 23.1. The first-order valence-electron chi connectivity index (χ1n) is 9.12. The van der Waals surface area contributed by atoms with Crippen LogP contribution < -0.4 is 0 Å². The van der Waals surface area contributed by atoms with Crippen molar-refractivity contribution in [2.24, 2.45) is 0 Å². The maximum atomic E-state index is 6.77. The zero-order valence-corrected chi connectivity index (χ0v) is 19.3. The Morgan fingerprint density at radius 3 is 1.21 bits per heavy atom. The highest BCUT2D eigenvalue weighted by Crippen LogP contribution is 2.54. The zero-order chi connectivity index (χ0) is 18.6. The number of hydrogen-bond donors (Lipinski definition) is 0. The zero-order valence-electron chi connectivity index (χ0n) is 17.3. The summed E-state index contributed by atoms with van der Waals surface area (Å²) in [5, 5.41) is 0.415. The van der Waals surface area contributed by atoms with Gasteiger partial charge >= 0.3 is 0 Å². The number of benzene rings is 1. The van der Waals surface area contributed by atoms with Crippen molar-refractivity contribution in [2.75, 3.05) is 0 Å². The van der Waals surface area contributed by atoms with Crippen molar-refractivity contribution in [2.45, 2.75) is 90.0 Å². The summed E-state index contributed by atoms with van der Waals surface area (Å²) in [6, 6.07) is 8.64. The molecule has 136 valence electrons. The molecule has 0 N–H and O–H groups in total. The fourth-order valence-corrected chi connectivity index (χ4v) is 4.98. The van der Waals surface area contributed by atoms with Crippen LogP contribution in [0.15, 0.2) is 24.3 Å². The summed E-state index contributed by atoms with van der Waals surface area (Å²) in [5.41, 5.74) is 2.65. The van der Waals surface area contributed by atoms with Crippen molar-refractivity contribution >= 4 is 16.6 Å². The molecule has 0 fully saturated rings. The van der Waals surface area contributed by atoms with E-state index >= 15 is 0 Å². The van der Waals surface area contributed by atoms with Gasteiger partial charge in [-0.1, -0.05) is 65.8 Å². The van der Waals surface area contributed by atoms with Gasteiger partial charge in [0.25, 0.3) is 0 Å². The van der Waals surface area contributed by atoms with Gasteiger partial charge in [0, 0.05) is 0 Å². The number of fused-ring (bicyclic) bond motifs is 1. The fraction of sp³-hybridized carbons (Fsp3) is 0.700. The molecule has 0 spiro atoms. The molecule has 0 saturated carbocycles. The molecule has 0 saturated heterocycles. The average Bonchev–Trinajstić information content (AvgIpc) is 2.40. The fourth-order valence-electron chi connectivity index (χ4n) is 2.50. The largest absolute Gasteiger partial charge is 0.407 e. The molecule has 2 nitrogen and oxygen atoms in total. The minimum absolute atomic E-state index is 0.0937. The first-order chi connectivity index (χ1) is 10.7. The summed E-state index contributed by atoms with van der Waals surface area (Å²) in [4.78, 5) is 0. The number of hydrogen-bond acceptors (Lipinski definition) is 2. The molecule has 0 bridgehead atoms. The summed E-state index contributed by atoms with van der Waals surface area (Å²) < 4.78 is 13.5. The third-order valence-electron chi connectivity index (χ3n) is 6.34. The highest BCUT2D eigenvalue weighted by molar-refractivity contribution is 6.74. The van der Waals surface area contributed by atoms with Crippen LogP contribution in [-0.2, 0) is 8.85 Å². The molecule has 1 aliphatic carbocycles. The standard InChI is InChI=1S/C20H36O2Si2/c1-19(2,3)23(7,8)21-17-15-13-11-12-14-16(15)18(17)22-24(9,10)20(4,5)6/h11-14,17-18H,1-10H3/t17-,18-/m1/s1. The van der Waals surface area contributed by atoms with E-state index in [4.69, 9.17) is 8.85 Å². The van der Waals surface area contributed by atoms with E-state index in [1.807, 2.05) is 0 Å². The highest BCUT2D eigenvalue weighted by atomic mass is 28.4. The third kappa shape index (κ3) is 3.57. The van der Waals surface area contributed by atoms with Crippen LogP contribution in [0.2, 0.25) is 36.3 Å². The second kappa shape index (κ2) is 6.08. The van der Waals surface area contributed by atoms with Crippen molar-refractivity contribution in [1.82, 2.24) is 0 Å². The van der Waals surface area contributed by atoms with Crippen LogP contribution in [0.3, 0.4) is 0 Å². The van der Waals surface area contributed by atoms with E-state index in [-0.39, 0.29) is 22.3 Å². The molecule has 2 atom stereocenters. The molecule has 1 aromatic rings. The molecule has 1 aromatic carbocycles. The van der Waals surface area contributed by atoms with E-state index in [0.29, 0.717) is 0 Å². The SMILES string of the molecule is CC(C)(C)[Si](C)(C)O[C@@H]1c2ccccc2[C@H]1O[Si](C)(C)C(C)(C)C. The summed E-state index contributed by atoms with van der Waals surface area (Å²) in [5.74, 6) is 0. The van der Waals surface area contributed by atoms with Gasteiger partial charge in [-0.25, -0.2) is 0 Å². The van der Waals surface area contributed by atoms with Gasteiger partial charge in [0.2, 0.25) is 0 Å². The molecule has 24 heavy (non-hydrogen) atoms. The predicted octanol–water partition coefficient (Wildman–Crippen LogP) is 6.83. The van der Waals surface area contributed by atoms with Gasteiger partial charge in [0.1, 0.15) is 12.2 Å². The number of rotatable bonds is 4. The molecule has 0 aliphatic heterocycles. The van der Waals surface area contributed by atoms with Crippen molar-refractivity contribution in [3.05, 3.63) is 35.4 Å². The van der Waals surface area contributed by atoms with Crippen LogP contribution in [-0.4, -0.2) is 16.6 Å². The van der Waals surface area contributed by atoms with Gasteiger partial charge in [-0.15, -0.1) is 0 Å². The van der Waals surface area contributed by atoms with Crippen LogP contribution in [0, 0.1) is 0 Å². The quantitative estimate of drug-likeness (QED) is 0.545. The molecule has 4 heteroatoms. The van der Waals surface area contributed by atoms with E-state index < -0.39 is 16.6 Å². The maximum Gasteiger partial charge on any atom is 0.193 e. The Morgan fingerprint density at radius 1 is 0.667 bits per heavy atom. The Labute approximate surface area is 151 Å². The lowest BCUT2D eigenvalue weighted by Crippen LogP contribution is -2.49. The van der Waals surface area contributed by atoms with E-state index in [2.05, 4.69) is 92.0 Å². The molecular weight excluding hydrogens is 328 g/mol. The first-order valence-corrected chi connectivity index (χ1v) is 14.9. The third-order valence-corrected chi connectivity index (χ3v) is 15.3. The van der Waals surface area contributed by atoms with Crippen LogP contribution in [0.1, 0.15) is 64.9 Å². The van der Waals surface area contributed by atoms with Crippen molar-refractivity contribution in [1.29, 1.82) is 0 Å². The summed E-state index contributed by atoms with van der Waals surface area (Å²) in [6.07, 6.45) is 0.187. The molecule has 0 unspecified atom stereocenters. The molecule has 0 heterocycles. The molecule has 0 radical (unpaired) electrons. The van der Waals surface area contributed by atoms with Crippen LogP contribution >= 0.6 is 0 Å². The summed E-state index contributed by atoms with van der Waals surface area (Å²) in [7, 11) is -3.67. The molecule has 2 rings (SSSR count). The predicted molar refractivity (Wildman–Crippen MR) is 108 cm³/mol. The maximum absolute atomic E-state index is 6.77. The molecule has 0 amide bonds. The Hall–Kier alpha value is -0.426. The monoisotopic (exact) mass is 364 g/mol. The van der Waals surface area contributed by atoms with E-state index in [0.717, 1.165) is 0 Å².